The smallest absolute Gasteiger partial charge is 0.261 e. The van der Waals surface area contributed by atoms with Crippen LogP contribution in [0.3, 0.4) is 0 Å². The summed E-state index contributed by atoms with van der Waals surface area (Å²) in [5, 5.41) is 5.90. The number of hydrogen-bond acceptors (Lipinski definition) is 3. The normalized spacial score (nSPS) is 12.5. The molecule has 0 saturated heterocycles. The Morgan fingerprint density at radius 3 is 2.38 bits per heavy atom. The number of rotatable bonds is 11. The first kappa shape index (κ1) is 29.9. The molecule has 5 nitrogen and oxygen atoms in total. The van der Waals surface area contributed by atoms with Gasteiger partial charge in [0, 0.05) is 19.0 Å². The van der Waals surface area contributed by atoms with Crippen LogP contribution in [-0.4, -0.2) is 35.4 Å². The van der Waals surface area contributed by atoms with Crippen molar-refractivity contribution in [3.8, 4) is 5.75 Å². The quantitative estimate of drug-likeness (QED) is 0.181. The molecule has 0 fully saturated rings. The Morgan fingerprint density at radius 2 is 1.65 bits per heavy atom. The van der Waals surface area contributed by atoms with Crippen LogP contribution in [0.5, 0.6) is 5.75 Å². The van der Waals surface area contributed by atoms with E-state index in [-0.39, 0.29) is 31.0 Å². The number of benzene rings is 4. The van der Waals surface area contributed by atoms with E-state index in [9.17, 15) is 9.59 Å². The molecule has 0 radical (unpaired) electrons. The van der Waals surface area contributed by atoms with Gasteiger partial charge in [0.2, 0.25) is 5.91 Å². The molecule has 0 aliphatic carbocycles. The molecule has 208 valence electrons. The molecule has 1 N–H and O–H groups in total. The van der Waals surface area contributed by atoms with Gasteiger partial charge in [-0.05, 0) is 69.4 Å². The summed E-state index contributed by atoms with van der Waals surface area (Å²) in [5.41, 5.74) is 1.70. The zero-order valence-electron chi connectivity index (χ0n) is 22.4. The van der Waals surface area contributed by atoms with Crippen molar-refractivity contribution in [1.82, 2.24) is 10.2 Å². The molecular formula is C32H31BrCl2N2O3. The van der Waals surface area contributed by atoms with E-state index >= 15 is 0 Å². The minimum absolute atomic E-state index is 0.0440. The van der Waals surface area contributed by atoms with Crippen molar-refractivity contribution in [2.24, 2.45) is 0 Å². The van der Waals surface area contributed by atoms with Gasteiger partial charge in [0.1, 0.15) is 11.8 Å². The van der Waals surface area contributed by atoms with Crippen LogP contribution in [0.4, 0.5) is 0 Å². The topological polar surface area (TPSA) is 58.6 Å². The van der Waals surface area contributed by atoms with Crippen LogP contribution in [0.1, 0.15) is 31.4 Å². The molecule has 4 rings (SSSR count). The summed E-state index contributed by atoms with van der Waals surface area (Å²) in [4.78, 5) is 29.1. The minimum atomic E-state index is -0.776. The SMILES string of the molecule is CC[C@@H](C)NC(=O)[C@@H](Cc1ccccc1)N(Cc1ccc(Cl)c(Cl)c1)C(=O)COc1ccc2ccccc2c1Br. The maximum absolute atomic E-state index is 13.9. The van der Waals surface area contributed by atoms with Crippen LogP contribution in [0.2, 0.25) is 10.0 Å². The Kier molecular flexibility index (Phi) is 10.5. The Morgan fingerprint density at radius 1 is 0.925 bits per heavy atom. The van der Waals surface area contributed by atoms with Crippen LogP contribution in [-0.2, 0) is 22.6 Å². The van der Waals surface area contributed by atoms with Crippen molar-refractivity contribution in [3.05, 3.63) is 111 Å². The molecule has 0 aliphatic rings. The molecule has 0 saturated carbocycles. The van der Waals surface area contributed by atoms with Gasteiger partial charge in [-0.3, -0.25) is 9.59 Å². The summed E-state index contributed by atoms with van der Waals surface area (Å²) in [5.74, 6) is -0.00457. The van der Waals surface area contributed by atoms with E-state index in [1.54, 1.807) is 23.1 Å². The van der Waals surface area contributed by atoms with Gasteiger partial charge in [0.15, 0.2) is 6.61 Å². The highest BCUT2D eigenvalue weighted by atomic mass is 79.9. The molecule has 2 atom stereocenters. The summed E-state index contributed by atoms with van der Waals surface area (Å²) < 4.78 is 6.80. The van der Waals surface area contributed by atoms with Crippen LogP contribution in [0.15, 0.2) is 89.4 Å². The third-order valence-corrected chi connectivity index (χ3v) is 8.35. The number of halogens is 3. The van der Waals surface area contributed by atoms with Crippen LogP contribution in [0, 0.1) is 0 Å². The average Bonchev–Trinajstić information content (AvgIpc) is 2.96. The number of ether oxygens (including phenoxy) is 1. The van der Waals surface area contributed by atoms with Gasteiger partial charge in [-0.25, -0.2) is 0 Å². The monoisotopic (exact) mass is 640 g/mol. The second-order valence-electron chi connectivity index (χ2n) is 9.68. The Hall–Kier alpha value is -3.06. The minimum Gasteiger partial charge on any atom is -0.483 e. The Balaban J connectivity index is 1.66. The maximum Gasteiger partial charge on any atom is 0.261 e. The molecule has 0 aliphatic heterocycles. The van der Waals surface area contributed by atoms with Gasteiger partial charge in [-0.2, -0.15) is 0 Å². The standard InChI is InChI=1S/C32H31BrCl2N2O3/c1-3-21(2)36-32(39)28(18-22-9-5-4-6-10-22)37(19-23-13-15-26(34)27(35)17-23)30(38)20-40-29-16-14-24-11-7-8-12-25(24)31(29)33/h4-17,21,28H,3,18-20H2,1-2H3,(H,36,39)/t21-,28-/m1/s1. The number of amides is 2. The summed E-state index contributed by atoms with van der Waals surface area (Å²) in [7, 11) is 0. The zero-order chi connectivity index (χ0) is 28.6. The molecule has 0 aromatic heterocycles. The van der Waals surface area contributed by atoms with Crippen LogP contribution < -0.4 is 10.1 Å². The van der Waals surface area contributed by atoms with Crippen LogP contribution >= 0.6 is 39.1 Å². The van der Waals surface area contributed by atoms with Crippen molar-refractivity contribution in [2.45, 2.75) is 45.3 Å². The highest BCUT2D eigenvalue weighted by Crippen LogP contribution is 2.33. The summed E-state index contributed by atoms with van der Waals surface area (Å²) >= 11 is 16.1. The fourth-order valence-corrected chi connectivity index (χ4v) is 5.31. The first-order chi connectivity index (χ1) is 19.3. The van der Waals surface area contributed by atoms with Gasteiger partial charge >= 0.3 is 0 Å². The van der Waals surface area contributed by atoms with E-state index in [0.717, 1.165) is 32.8 Å². The average molecular weight is 642 g/mol. The third kappa shape index (κ3) is 7.57. The molecule has 8 heteroatoms. The van der Waals surface area contributed by atoms with E-state index in [0.29, 0.717) is 22.2 Å². The number of carbonyl (C=O) groups excluding carboxylic acids is 2. The lowest BCUT2D eigenvalue weighted by atomic mass is 10.0. The van der Waals surface area contributed by atoms with Gasteiger partial charge < -0.3 is 15.0 Å². The number of hydrogen-bond donors (Lipinski definition) is 1. The largest absolute Gasteiger partial charge is 0.483 e. The Labute approximate surface area is 253 Å². The summed E-state index contributed by atoms with van der Waals surface area (Å²) in [6.07, 6.45) is 1.11. The fourth-order valence-electron chi connectivity index (χ4n) is 4.38. The lowest BCUT2D eigenvalue weighted by Crippen LogP contribution is -2.53. The summed E-state index contributed by atoms with van der Waals surface area (Å²) in [6, 6.07) is 25.8. The van der Waals surface area contributed by atoms with Crippen LogP contribution in [0.25, 0.3) is 10.8 Å². The predicted octanol–water partition coefficient (Wildman–Crippen LogP) is 7.84. The van der Waals surface area contributed by atoms with Gasteiger partial charge in [-0.15, -0.1) is 0 Å². The van der Waals surface area contributed by atoms with E-state index in [4.69, 9.17) is 27.9 Å². The highest BCUT2D eigenvalue weighted by Gasteiger charge is 2.31. The molecule has 4 aromatic carbocycles. The van der Waals surface area contributed by atoms with Crippen molar-refractivity contribution in [1.29, 1.82) is 0 Å². The molecule has 2 amide bonds. The molecule has 0 spiro atoms. The second kappa shape index (κ2) is 14.0. The molecule has 0 bridgehead atoms. The van der Waals surface area contributed by atoms with E-state index < -0.39 is 6.04 Å². The first-order valence-corrected chi connectivity index (χ1v) is 14.7. The summed E-state index contributed by atoms with van der Waals surface area (Å²) in [6.45, 7) is 3.86. The number of nitrogens with zero attached hydrogens (tertiary/aromatic N) is 1. The van der Waals surface area contributed by atoms with Gasteiger partial charge in [0.05, 0.1) is 14.5 Å². The number of fused-ring (bicyclic) bond motifs is 1. The van der Waals surface area contributed by atoms with Crippen molar-refractivity contribution < 1.29 is 14.3 Å². The predicted molar refractivity (Wildman–Crippen MR) is 166 cm³/mol. The van der Waals surface area contributed by atoms with E-state index in [1.807, 2.05) is 80.6 Å². The molecule has 0 heterocycles. The van der Waals surface area contributed by atoms with E-state index in [2.05, 4.69) is 21.2 Å². The number of carbonyl (C=O) groups is 2. The molecule has 0 unspecified atom stereocenters. The maximum atomic E-state index is 13.9. The first-order valence-electron chi connectivity index (χ1n) is 13.1. The van der Waals surface area contributed by atoms with E-state index in [1.165, 1.54) is 0 Å². The fraction of sp³-hybridized carbons (Fsp3) is 0.250. The second-order valence-corrected chi connectivity index (χ2v) is 11.3. The van der Waals surface area contributed by atoms with Crippen molar-refractivity contribution in [3.63, 3.8) is 0 Å². The lowest BCUT2D eigenvalue weighted by molar-refractivity contribution is -0.143. The molecular weight excluding hydrogens is 611 g/mol. The third-order valence-electron chi connectivity index (χ3n) is 6.79. The highest BCUT2D eigenvalue weighted by molar-refractivity contribution is 9.10. The Bertz CT molecular complexity index is 1480. The zero-order valence-corrected chi connectivity index (χ0v) is 25.5. The van der Waals surface area contributed by atoms with Gasteiger partial charge in [-0.1, -0.05) is 96.9 Å². The van der Waals surface area contributed by atoms with Crippen molar-refractivity contribution >= 4 is 61.7 Å². The number of nitrogens with one attached hydrogen (secondary N) is 1. The van der Waals surface area contributed by atoms with Gasteiger partial charge in [0.25, 0.3) is 5.91 Å². The molecule has 40 heavy (non-hydrogen) atoms. The molecule has 4 aromatic rings. The lowest BCUT2D eigenvalue weighted by Gasteiger charge is -2.32. The van der Waals surface area contributed by atoms with Crippen molar-refractivity contribution in [2.75, 3.05) is 6.61 Å².